The molecule has 0 aromatic heterocycles. The van der Waals surface area contributed by atoms with Crippen molar-refractivity contribution in [3.8, 4) is 6.07 Å². The highest BCUT2D eigenvalue weighted by molar-refractivity contribution is 9.10. The third-order valence-electron chi connectivity index (χ3n) is 2.41. The lowest BCUT2D eigenvalue weighted by Crippen LogP contribution is -1.83. The molecule has 0 N–H and O–H groups in total. The molecule has 2 aromatic carbocycles. The summed E-state index contributed by atoms with van der Waals surface area (Å²) < 4.78 is 0.829. The van der Waals surface area contributed by atoms with Crippen molar-refractivity contribution in [2.24, 2.45) is 0 Å². The maximum atomic E-state index is 9.08. The van der Waals surface area contributed by atoms with Crippen LogP contribution in [-0.4, -0.2) is 0 Å². The number of nitrogens with zero attached hydrogens (tertiary/aromatic N) is 1. The standard InChI is InChI=1S/C15H10BrN/c16-15-8-4-7-13(14(15)11-17)10-9-12-5-2-1-3-6-12/h1-10H. The Bertz CT molecular complexity index is 580. The Morgan fingerprint density at radius 2 is 1.71 bits per heavy atom. The van der Waals surface area contributed by atoms with Crippen LogP contribution in [0, 0.1) is 11.3 Å². The summed E-state index contributed by atoms with van der Waals surface area (Å²) in [5.74, 6) is 0. The molecular weight excluding hydrogens is 274 g/mol. The third kappa shape index (κ3) is 2.83. The highest BCUT2D eigenvalue weighted by Crippen LogP contribution is 2.21. The van der Waals surface area contributed by atoms with Crippen molar-refractivity contribution in [2.45, 2.75) is 0 Å². The van der Waals surface area contributed by atoms with Gasteiger partial charge in [0.1, 0.15) is 6.07 Å². The first-order valence-electron chi connectivity index (χ1n) is 5.23. The van der Waals surface area contributed by atoms with Crippen LogP contribution in [0.5, 0.6) is 0 Å². The molecule has 0 amide bonds. The van der Waals surface area contributed by atoms with Crippen LogP contribution >= 0.6 is 15.9 Å². The lowest BCUT2D eigenvalue weighted by Gasteiger charge is -2.00. The van der Waals surface area contributed by atoms with Crippen molar-refractivity contribution in [3.05, 3.63) is 69.7 Å². The molecule has 2 heteroatoms. The highest BCUT2D eigenvalue weighted by atomic mass is 79.9. The molecular formula is C15H10BrN. The molecule has 0 saturated carbocycles. The topological polar surface area (TPSA) is 23.8 Å². The molecule has 0 saturated heterocycles. The van der Waals surface area contributed by atoms with Gasteiger partial charge in [-0.3, -0.25) is 0 Å². The summed E-state index contributed by atoms with van der Waals surface area (Å²) in [6.45, 7) is 0. The fraction of sp³-hybridized carbons (Fsp3) is 0. The number of hydrogen-bond donors (Lipinski definition) is 0. The minimum atomic E-state index is 0.666. The molecule has 82 valence electrons. The summed E-state index contributed by atoms with van der Waals surface area (Å²) in [4.78, 5) is 0. The second kappa shape index (κ2) is 5.47. The molecule has 0 fully saturated rings. The fourth-order valence-electron chi connectivity index (χ4n) is 1.55. The van der Waals surface area contributed by atoms with Gasteiger partial charge in [0.05, 0.1) is 5.56 Å². The number of benzene rings is 2. The smallest absolute Gasteiger partial charge is 0.101 e. The van der Waals surface area contributed by atoms with Crippen molar-refractivity contribution < 1.29 is 0 Å². The van der Waals surface area contributed by atoms with Gasteiger partial charge in [0.25, 0.3) is 0 Å². The summed E-state index contributed by atoms with van der Waals surface area (Å²) in [5, 5.41) is 9.08. The zero-order chi connectivity index (χ0) is 12.1. The molecule has 0 atom stereocenters. The van der Waals surface area contributed by atoms with Gasteiger partial charge in [0.2, 0.25) is 0 Å². The lowest BCUT2D eigenvalue weighted by molar-refractivity contribution is 1.45. The molecule has 17 heavy (non-hydrogen) atoms. The molecule has 0 aliphatic carbocycles. The normalized spacial score (nSPS) is 10.4. The summed E-state index contributed by atoms with van der Waals surface area (Å²) in [6, 6.07) is 18.0. The Balaban J connectivity index is 2.35. The van der Waals surface area contributed by atoms with E-state index in [0.717, 1.165) is 15.6 Å². The summed E-state index contributed by atoms with van der Waals surface area (Å²) in [7, 11) is 0. The first-order chi connectivity index (χ1) is 8.31. The van der Waals surface area contributed by atoms with Crippen molar-refractivity contribution >= 4 is 28.1 Å². The first-order valence-corrected chi connectivity index (χ1v) is 6.02. The zero-order valence-corrected chi connectivity index (χ0v) is 10.7. The quantitative estimate of drug-likeness (QED) is 0.745. The Morgan fingerprint density at radius 1 is 0.941 bits per heavy atom. The average molecular weight is 284 g/mol. The summed E-state index contributed by atoms with van der Waals surface area (Å²) in [5.41, 5.74) is 2.71. The van der Waals surface area contributed by atoms with Gasteiger partial charge in [0.15, 0.2) is 0 Å². The Kier molecular flexibility index (Phi) is 3.74. The van der Waals surface area contributed by atoms with Gasteiger partial charge in [0, 0.05) is 4.47 Å². The zero-order valence-electron chi connectivity index (χ0n) is 9.10. The van der Waals surface area contributed by atoms with E-state index < -0.39 is 0 Å². The van der Waals surface area contributed by atoms with Crippen LogP contribution < -0.4 is 0 Å². The number of nitriles is 1. The molecule has 0 spiro atoms. The van der Waals surface area contributed by atoms with Gasteiger partial charge >= 0.3 is 0 Å². The van der Waals surface area contributed by atoms with Gasteiger partial charge in [-0.15, -0.1) is 0 Å². The summed E-state index contributed by atoms with van der Waals surface area (Å²) >= 11 is 3.38. The van der Waals surface area contributed by atoms with Crippen LogP contribution in [0.2, 0.25) is 0 Å². The molecule has 0 heterocycles. The number of hydrogen-bond acceptors (Lipinski definition) is 1. The fourth-order valence-corrected chi connectivity index (χ4v) is 2.02. The van der Waals surface area contributed by atoms with E-state index >= 15 is 0 Å². The lowest BCUT2D eigenvalue weighted by atomic mass is 10.1. The second-order valence-corrected chi connectivity index (χ2v) is 4.41. The van der Waals surface area contributed by atoms with E-state index in [-0.39, 0.29) is 0 Å². The van der Waals surface area contributed by atoms with Crippen molar-refractivity contribution in [1.29, 1.82) is 5.26 Å². The van der Waals surface area contributed by atoms with Crippen LogP contribution in [-0.2, 0) is 0 Å². The van der Waals surface area contributed by atoms with E-state index in [1.165, 1.54) is 0 Å². The number of rotatable bonds is 2. The number of halogens is 1. The predicted octanol–water partition coefficient (Wildman–Crippen LogP) is 4.49. The maximum absolute atomic E-state index is 9.08. The van der Waals surface area contributed by atoms with Gasteiger partial charge in [-0.1, -0.05) is 54.6 Å². The van der Waals surface area contributed by atoms with Gasteiger partial charge < -0.3 is 0 Å². The van der Waals surface area contributed by atoms with Crippen molar-refractivity contribution in [3.63, 3.8) is 0 Å². The molecule has 2 rings (SSSR count). The van der Waals surface area contributed by atoms with Gasteiger partial charge in [-0.05, 0) is 33.1 Å². The minimum Gasteiger partial charge on any atom is -0.192 e. The SMILES string of the molecule is N#Cc1c(Br)cccc1C=Cc1ccccc1. The Hall–Kier alpha value is -1.85. The van der Waals surface area contributed by atoms with Crippen LogP contribution in [0.3, 0.4) is 0 Å². The molecule has 1 nitrogen and oxygen atoms in total. The molecule has 0 bridgehead atoms. The van der Waals surface area contributed by atoms with E-state index in [2.05, 4.69) is 22.0 Å². The van der Waals surface area contributed by atoms with Crippen LogP contribution in [0.15, 0.2) is 53.0 Å². The van der Waals surface area contributed by atoms with E-state index in [4.69, 9.17) is 5.26 Å². The van der Waals surface area contributed by atoms with Crippen LogP contribution in [0.1, 0.15) is 16.7 Å². The minimum absolute atomic E-state index is 0.666. The second-order valence-electron chi connectivity index (χ2n) is 3.56. The average Bonchev–Trinajstić information content (AvgIpc) is 2.37. The highest BCUT2D eigenvalue weighted by Gasteiger charge is 2.02. The van der Waals surface area contributed by atoms with Gasteiger partial charge in [-0.2, -0.15) is 5.26 Å². The van der Waals surface area contributed by atoms with E-state index in [1.54, 1.807) is 0 Å². The predicted molar refractivity (Wildman–Crippen MR) is 74.2 cm³/mol. The Labute approximate surface area is 109 Å². The van der Waals surface area contributed by atoms with Gasteiger partial charge in [-0.25, -0.2) is 0 Å². The van der Waals surface area contributed by atoms with E-state index in [0.29, 0.717) is 5.56 Å². The molecule has 0 unspecified atom stereocenters. The largest absolute Gasteiger partial charge is 0.192 e. The summed E-state index contributed by atoms with van der Waals surface area (Å²) in [6.07, 6.45) is 3.96. The van der Waals surface area contributed by atoms with Crippen molar-refractivity contribution in [1.82, 2.24) is 0 Å². The molecule has 0 aliphatic rings. The molecule has 0 radical (unpaired) electrons. The monoisotopic (exact) mass is 283 g/mol. The Morgan fingerprint density at radius 3 is 2.41 bits per heavy atom. The third-order valence-corrected chi connectivity index (χ3v) is 3.07. The first kappa shape index (κ1) is 11.6. The molecule has 0 aliphatic heterocycles. The van der Waals surface area contributed by atoms with Crippen LogP contribution in [0.4, 0.5) is 0 Å². The van der Waals surface area contributed by atoms with Crippen molar-refractivity contribution in [2.75, 3.05) is 0 Å². The van der Waals surface area contributed by atoms with Crippen LogP contribution in [0.25, 0.3) is 12.2 Å². The maximum Gasteiger partial charge on any atom is 0.101 e. The van der Waals surface area contributed by atoms with E-state index in [9.17, 15) is 0 Å². The molecule has 2 aromatic rings. The van der Waals surface area contributed by atoms with E-state index in [1.807, 2.05) is 60.7 Å².